The van der Waals surface area contributed by atoms with E-state index in [0.717, 1.165) is 11.3 Å². The van der Waals surface area contributed by atoms with Crippen LogP contribution in [0.2, 0.25) is 5.02 Å². The molecule has 0 aliphatic carbocycles. The zero-order valence-electron chi connectivity index (χ0n) is 12.9. The Morgan fingerprint density at radius 3 is 2.04 bits per heavy atom. The molecule has 4 heteroatoms. The summed E-state index contributed by atoms with van der Waals surface area (Å²) in [4.78, 5) is 23.9. The third-order valence-electron chi connectivity index (χ3n) is 3.89. The van der Waals surface area contributed by atoms with Gasteiger partial charge in [-0.25, -0.2) is 0 Å². The van der Waals surface area contributed by atoms with Gasteiger partial charge in [0.1, 0.15) is 5.69 Å². The molecule has 0 saturated heterocycles. The van der Waals surface area contributed by atoms with Crippen LogP contribution in [0, 0.1) is 0 Å². The number of benzene rings is 2. The maximum Gasteiger partial charge on any atom is 0.250 e. The minimum Gasteiger partial charge on any atom is -0.352 e. The van der Waals surface area contributed by atoms with Crippen molar-refractivity contribution in [2.75, 3.05) is 5.32 Å². The van der Waals surface area contributed by atoms with Crippen LogP contribution in [0.5, 0.6) is 0 Å². The second kappa shape index (κ2) is 6.01. The van der Waals surface area contributed by atoms with Crippen LogP contribution in [-0.4, -0.2) is 0 Å². The molecule has 0 spiro atoms. The molecule has 0 saturated carbocycles. The number of halogens is 1. The Bertz CT molecular complexity index is 902. The fourth-order valence-corrected chi connectivity index (χ4v) is 2.62. The van der Waals surface area contributed by atoms with Crippen molar-refractivity contribution < 1.29 is 0 Å². The Balaban J connectivity index is 1.95. The van der Waals surface area contributed by atoms with E-state index in [1.54, 1.807) is 24.3 Å². The number of anilines is 2. The quantitative estimate of drug-likeness (QED) is 0.720. The Morgan fingerprint density at radius 2 is 1.48 bits per heavy atom. The van der Waals surface area contributed by atoms with Gasteiger partial charge in [0.05, 0.1) is 5.56 Å². The summed E-state index contributed by atoms with van der Waals surface area (Å²) < 4.78 is 0. The summed E-state index contributed by atoms with van der Waals surface area (Å²) >= 11 is 5.85. The topological polar surface area (TPSA) is 46.2 Å². The first-order valence-corrected chi connectivity index (χ1v) is 7.81. The van der Waals surface area contributed by atoms with Gasteiger partial charge in [0, 0.05) is 10.7 Å². The van der Waals surface area contributed by atoms with Crippen molar-refractivity contribution >= 4 is 23.0 Å². The summed E-state index contributed by atoms with van der Waals surface area (Å²) in [6, 6.07) is 14.7. The van der Waals surface area contributed by atoms with E-state index in [1.807, 2.05) is 24.3 Å². The molecule has 0 unspecified atom stereocenters. The van der Waals surface area contributed by atoms with Crippen molar-refractivity contribution in [1.29, 1.82) is 0 Å². The van der Waals surface area contributed by atoms with Gasteiger partial charge >= 0.3 is 0 Å². The van der Waals surface area contributed by atoms with Crippen LogP contribution in [0.4, 0.5) is 11.4 Å². The first-order valence-electron chi connectivity index (χ1n) is 7.43. The van der Waals surface area contributed by atoms with Gasteiger partial charge < -0.3 is 5.32 Å². The monoisotopic (exact) mass is 325 g/mol. The zero-order chi connectivity index (χ0) is 16.6. The number of nitrogens with one attached hydrogen (secondary N) is 1. The molecule has 0 atom stereocenters. The summed E-state index contributed by atoms with van der Waals surface area (Å²) in [6.45, 7) is 4.22. The third-order valence-corrected chi connectivity index (χ3v) is 4.14. The highest BCUT2D eigenvalue weighted by Crippen LogP contribution is 2.28. The average molecular weight is 326 g/mol. The van der Waals surface area contributed by atoms with Crippen LogP contribution in [0.25, 0.3) is 11.1 Å². The fraction of sp³-hybridized carbons (Fsp3) is 0.158. The van der Waals surface area contributed by atoms with Crippen LogP contribution in [0.3, 0.4) is 0 Å². The molecule has 0 amide bonds. The molecule has 0 radical (unpaired) electrons. The van der Waals surface area contributed by atoms with Crippen LogP contribution in [0.1, 0.15) is 25.3 Å². The fourth-order valence-electron chi connectivity index (χ4n) is 2.50. The minimum atomic E-state index is -0.483. The van der Waals surface area contributed by atoms with E-state index in [-0.39, 0.29) is 0 Å². The second-order valence-corrected chi connectivity index (χ2v) is 6.25. The Kier molecular flexibility index (Phi) is 4.05. The molecule has 0 fully saturated rings. The molecule has 3 rings (SSSR count). The molecule has 3 nitrogen and oxygen atoms in total. The maximum atomic E-state index is 12.0. The van der Waals surface area contributed by atoms with Crippen molar-refractivity contribution in [3.63, 3.8) is 0 Å². The van der Waals surface area contributed by atoms with E-state index in [1.165, 1.54) is 5.56 Å². The largest absolute Gasteiger partial charge is 0.352 e. The standard InChI is InChI=1S/C19H16ClNO2/c1-11(2)12-3-5-13(6-4-12)16-17(19(23)18(16)22)21-15-9-7-14(20)8-10-15/h3-11,21H,1-2H3. The molecule has 0 aliphatic heterocycles. The highest BCUT2D eigenvalue weighted by molar-refractivity contribution is 6.30. The SMILES string of the molecule is CC(C)c1ccc(-c2c(Nc3ccc(Cl)cc3)c(=O)c2=O)cc1. The lowest BCUT2D eigenvalue weighted by atomic mass is 9.95. The Morgan fingerprint density at radius 1 is 0.870 bits per heavy atom. The number of hydrogen-bond donors (Lipinski definition) is 1. The van der Waals surface area contributed by atoms with E-state index >= 15 is 0 Å². The van der Waals surface area contributed by atoms with E-state index < -0.39 is 10.9 Å². The summed E-state index contributed by atoms with van der Waals surface area (Å²) in [5.74, 6) is 0.420. The summed E-state index contributed by atoms with van der Waals surface area (Å²) in [6.07, 6.45) is 0. The number of hydrogen-bond acceptors (Lipinski definition) is 3. The summed E-state index contributed by atoms with van der Waals surface area (Å²) in [5.41, 5.74) is 2.54. The van der Waals surface area contributed by atoms with Gasteiger partial charge in [0.2, 0.25) is 5.43 Å². The molecule has 0 aromatic heterocycles. The van der Waals surface area contributed by atoms with Crippen LogP contribution in [-0.2, 0) is 0 Å². The van der Waals surface area contributed by atoms with Crippen molar-refractivity contribution in [2.45, 2.75) is 19.8 Å². The van der Waals surface area contributed by atoms with Crippen LogP contribution in [0.15, 0.2) is 58.1 Å². The van der Waals surface area contributed by atoms with Crippen molar-refractivity contribution in [3.05, 3.63) is 79.6 Å². The molecule has 0 heterocycles. The van der Waals surface area contributed by atoms with E-state index in [2.05, 4.69) is 19.2 Å². The van der Waals surface area contributed by atoms with Gasteiger partial charge in [0.25, 0.3) is 5.43 Å². The molecule has 3 aromatic rings. The van der Waals surface area contributed by atoms with E-state index in [9.17, 15) is 9.59 Å². The lowest BCUT2D eigenvalue weighted by Gasteiger charge is -2.14. The lowest BCUT2D eigenvalue weighted by Crippen LogP contribution is -2.35. The van der Waals surface area contributed by atoms with Gasteiger partial charge in [-0.15, -0.1) is 0 Å². The van der Waals surface area contributed by atoms with E-state index in [4.69, 9.17) is 11.6 Å². The van der Waals surface area contributed by atoms with Crippen molar-refractivity contribution in [2.24, 2.45) is 0 Å². The predicted octanol–water partition coefficient (Wildman–Crippen LogP) is 4.47. The molecule has 3 aromatic carbocycles. The van der Waals surface area contributed by atoms with Crippen LogP contribution >= 0.6 is 11.6 Å². The smallest absolute Gasteiger partial charge is 0.250 e. The van der Waals surface area contributed by atoms with E-state index in [0.29, 0.717) is 22.2 Å². The average Bonchev–Trinajstić information content (AvgIpc) is 2.56. The molecule has 23 heavy (non-hydrogen) atoms. The third kappa shape index (κ3) is 2.92. The molecular weight excluding hydrogens is 310 g/mol. The molecule has 0 aliphatic rings. The first-order chi connectivity index (χ1) is 11.0. The Hall–Kier alpha value is -2.39. The van der Waals surface area contributed by atoms with Gasteiger partial charge in [-0.3, -0.25) is 9.59 Å². The van der Waals surface area contributed by atoms with Gasteiger partial charge in [0.15, 0.2) is 0 Å². The first kappa shape index (κ1) is 15.5. The van der Waals surface area contributed by atoms with Gasteiger partial charge in [-0.1, -0.05) is 49.7 Å². The lowest BCUT2D eigenvalue weighted by molar-refractivity contribution is 0.867. The molecular formula is C19H16ClNO2. The predicted molar refractivity (Wildman–Crippen MR) is 95.6 cm³/mol. The van der Waals surface area contributed by atoms with Crippen molar-refractivity contribution in [1.82, 2.24) is 0 Å². The number of rotatable bonds is 4. The van der Waals surface area contributed by atoms with Crippen molar-refractivity contribution in [3.8, 4) is 11.1 Å². The minimum absolute atomic E-state index is 0.342. The summed E-state index contributed by atoms with van der Waals surface area (Å²) in [5, 5.41) is 3.64. The molecule has 116 valence electrons. The molecule has 1 N–H and O–H groups in total. The highest BCUT2D eigenvalue weighted by atomic mass is 35.5. The van der Waals surface area contributed by atoms with Gasteiger partial charge in [-0.2, -0.15) is 0 Å². The summed E-state index contributed by atoms with van der Waals surface area (Å²) in [7, 11) is 0. The highest BCUT2D eigenvalue weighted by Gasteiger charge is 2.22. The molecule has 0 bridgehead atoms. The van der Waals surface area contributed by atoms with Gasteiger partial charge in [-0.05, 0) is 41.3 Å². The zero-order valence-corrected chi connectivity index (χ0v) is 13.6. The van der Waals surface area contributed by atoms with Crippen LogP contribution < -0.4 is 16.2 Å². The maximum absolute atomic E-state index is 12.0. The second-order valence-electron chi connectivity index (χ2n) is 5.82. The Labute approximate surface area is 139 Å². The normalized spacial score (nSPS) is 11.1.